The summed E-state index contributed by atoms with van der Waals surface area (Å²) in [5.41, 5.74) is -0.211. The first-order chi connectivity index (χ1) is 9.90. The van der Waals surface area contributed by atoms with E-state index in [9.17, 15) is 8.42 Å². The molecule has 0 radical (unpaired) electrons. The molecule has 0 saturated carbocycles. The van der Waals surface area contributed by atoms with Crippen LogP contribution in [-0.2, 0) is 10.0 Å². The summed E-state index contributed by atoms with van der Waals surface area (Å²) in [6.07, 6.45) is 3.32. The van der Waals surface area contributed by atoms with Gasteiger partial charge in [0.2, 0.25) is 10.0 Å². The SMILES string of the molecule is CC1(C)CN(S(=O)(=O)c2cccc3cnccc23)CCN1. The number of piperazine rings is 1. The molecule has 21 heavy (non-hydrogen) atoms. The van der Waals surface area contributed by atoms with Crippen LogP contribution in [0.25, 0.3) is 10.8 Å². The van der Waals surface area contributed by atoms with Crippen molar-refractivity contribution in [2.24, 2.45) is 0 Å². The average Bonchev–Trinajstić information content (AvgIpc) is 2.45. The van der Waals surface area contributed by atoms with Crippen molar-refractivity contribution < 1.29 is 8.42 Å². The highest BCUT2D eigenvalue weighted by Crippen LogP contribution is 2.26. The highest BCUT2D eigenvalue weighted by molar-refractivity contribution is 7.89. The third-order valence-electron chi connectivity index (χ3n) is 3.79. The minimum absolute atomic E-state index is 0.211. The molecule has 0 unspecified atom stereocenters. The van der Waals surface area contributed by atoms with E-state index in [-0.39, 0.29) is 5.54 Å². The van der Waals surface area contributed by atoms with Crippen molar-refractivity contribution in [3.63, 3.8) is 0 Å². The number of hydrogen-bond donors (Lipinski definition) is 1. The number of hydrogen-bond acceptors (Lipinski definition) is 4. The molecule has 3 rings (SSSR count). The number of aromatic nitrogens is 1. The summed E-state index contributed by atoms with van der Waals surface area (Å²) in [6.45, 7) is 5.66. The summed E-state index contributed by atoms with van der Waals surface area (Å²) in [6, 6.07) is 7.08. The van der Waals surface area contributed by atoms with Gasteiger partial charge < -0.3 is 5.32 Å². The maximum atomic E-state index is 13.0. The lowest BCUT2D eigenvalue weighted by atomic mass is 10.0. The second-order valence-corrected chi connectivity index (χ2v) is 7.91. The zero-order chi connectivity index (χ0) is 15.1. The van der Waals surface area contributed by atoms with Crippen LogP contribution in [0, 0.1) is 0 Å². The van der Waals surface area contributed by atoms with Crippen LogP contribution in [0.3, 0.4) is 0 Å². The molecule has 0 aliphatic carbocycles. The fourth-order valence-electron chi connectivity index (χ4n) is 2.76. The first kappa shape index (κ1) is 14.4. The summed E-state index contributed by atoms with van der Waals surface area (Å²) in [5, 5.41) is 4.90. The van der Waals surface area contributed by atoms with Crippen molar-refractivity contribution in [2.75, 3.05) is 19.6 Å². The molecule has 1 saturated heterocycles. The Morgan fingerprint density at radius 3 is 2.86 bits per heavy atom. The zero-order valence-electron chi connectivity index (χ0n) is 12.2. The third kappa shape index (κ3) is 2.66. The number of sulfonamides is 1. The standard InChI is InChI=1S/C15H19N3O2S/c1-15(2)11-18(9-8-17-15)21(19,20)14-5-3-4-12-10-16-7-6-13(12)14/h3-7,10,17H,8-9,11H2,1-2H3. The van der Waals surface area contributed by atoms with Gasteiger partial charge in [0.25, 0.3) is 0 Å². The van der Waals surface area contributed by atoms with Gasteiger partial charge in [-0.1, -0.05) is 12.1 Å². The number of pyridine rings is 1. The number of nitrogens with zero attached hydrogens (tertiary/aromatic N) is 2. The monoisotopic (exact) mass is 305 g/mol. The van der Waals surface area contributed by atoms with Crippen molar-refractivity contribution in [3.05, 3.63) is 36.7 Å². The molecule has 0 bridgehead atoms. The molecule has 2 aromatic rings. The lowest BCUT2D eigenvalue weighted by Crippen LogP contribution is -2.58. The number of benzene rings is 1. The first-order valence-electron chi connectivity index (χ1n) is 6.98. The Hall–Kier alpha value is -1.50. The minimum atomic E-state index is -3.49. The summed E-state index contributed by atoms with van der Waals surface area (Å²) in [4.78, 5) is 4.41. The zero-order valence-corrected chi connectivity index (χ0v) is 13.0. The highest BCUT2D eigenvalue weighted by Gasteiger charge is 2.34. The van der Waals surface area contributed by atoms with Gasteiger partial charge in [0.1, 0.15) is 0 Å². The van der Waals surface area contributed by atoms with Gasteiger partial charge in [-0.25, -0.2) is 8.42 Å². The third-order valence-corrected chi connectivity index (χ3v) is 5.70. The van der Waals surface area contributed by atoms with Crippen LogP contribution in [0.2, 0.25) is 0 Å². The summed E-state index contributed by atoms with van der Waals surface area (Å²) in [7, 11) is -3.49. The summed E-state index contributed by atoms with van der Waals surface area (Å²) in [5.74, 6) is 0. The largest absolute Gasteiger partial charge is 0.309 e. The maximum absolute atomic E-state index is 13.0. The van der Waals surface area contributed by atoms with Crippen molar-refractivity contribution in [1.29, 1.82) is 0 Å². The Bertz CT molecular complexity index is 766. The van der Waals surface area contributed by atoms with Gasteiger partial charge in [-0.05, 0) is 26.0 Å². The van der Waals surface area contributed by atoms with E-state index in [1.165, 1.54) is 0 Å². The van der Waals surface area contributed by atoms with Gasteiger partial charge in [-0.15, -0.1) is 0 Å². The molecular weight excluding hydrogens is 286 g/mol. The molecule has 0 atom stereocenters. The fraction of sp³-hybridized carbons (Fsp3) is 0.400. The van der Waals surface area contributed by atoms with E-state index in [2.05, 4.69) is 10.3 Å². The number of fused-ring (bicyclic) bond motifs is 1. The molecule has 1 aromatic heterocycles. The highest BCUT2D eigenvalue weighted by atomic mass is 32.2. The normalized spacial score (nSPS) is 19.7. The number of rotatable bonds is 2. The molecular formula is C15H19N3O2S. The molecule has 5 nitrogen and oxygen atoms in total. The Balaban J connectivity index is 2.09. The van der Waals surface area contributed by atoms with Gasteiger partial charge in [0.15, 0.2) is 0 Å². The van der Waals surface area contributed by atoms with E-state index >= 15 is 0 Å². The van der Waals surface area contributed by atoms with Crippen LogP contribution in [0.4, 0.5) is 0 Å². The van der Waals surface area contributed by atoms with Crippen LogP contribution in [0.1, 0.15) is 13.8 Å². The maximum Gasteiger partial charge on any atom is 0.243 e. The average molecular weight is 305 g/mol. The molecule has 1 N–H and O–H groups in total. The Morgan fingerprint density at radius 1 is 1.29 bits per heavy atom. The predicted molar refractivity (Wildman–Crippen MR) is 82.6 cm³/mol. The number of nitrogens with one attached hydrogen (secondary N) is 1. The quantitative estimate of drug-likeness (QED) is 0.915. The van der Waals surface area contributed by atoms with E-state index in [1.807, 2.05) is 19.9 Å². The smallest absolute Gasteiger partial charge is 0.243 e. The Kier molecular flexibility index (Phi) is 3.47. The van der Waals surface area contributed by atoms with E-state index in [0.29, 0.717) is 24.5 Å². The summed E-state index contributed by atoms with van der Waals surface area (Å²) >= 11 is 0. The Morgan fingerprint density at radius 2 is 2.10 bits per heavy atom. The minimum Gasteiger partial charge on any atom is -0.309 e. The van der Waals surface area contributed by atoms with Gasteiger partial charge in [0, 0.05) is 48.3 Å². The molecule has 1 aliphatic heterocycles. The lowest BCUT2D eigenvalue weighted by Gasteiger charge is -2.38. The van der Waals surface area contributed by atoms with E-state index in [0.717, 1.165) is 10.8 Å². The Labute approximate surface area is 125 Å². The van der Waals surface area contributed by atoms with Gasteiger partial charge in [-0.3, -0.25) is 4.98 Å². The molecule has 6 heteroatoms. The predicted octanol–water partition coefficient (Wildman–Crippen LogP) is 1.61. The van der Waals surface area contributed by atoms with E-state index < -0.39 is 10.0 Å². The van der Waals surface area contributed by atoms with Gasteiger partial charge in [0.05, 0.1) is 4.90 Å². The second kappa shape index (κ2) is 5.05. The van der Waals surface area contributed by atoms with Crippen LogP contribution < -0.4 is 5.32 Å². The van der Waals surface area contributed by atoms with Crippen LogP contribution in [0.15, 0.2) is 41.6 Å². The van der Waals surface area contributed by atoms with Crippen molar-refractivity contribution in [1.82, 2.24) is 14.6 Å². The van der Waals surface area contributed by atoms with Crippen molar-refractivity contribution in [3.8, 4) is 0 Å². The molecule has 112 valence electrons. The molecule has 0 spiro atoms. The lowest BCUT2D eigenvalue weighted by molar-refractivity contribution is 0.234. The van der Waals surface area contributed by atoms with E-state index in [4.69, 9.17) is 0 Å². The summed E-state index contributed by atoms with van der Waals surface area (Å²) < 4.78 is 27.5. The molecule has 2 heterocycles. The van der Waals surface area contributed by atoms with E-state index in [1.54, 1.807) is 34.9 Å². The van der Waals surface area contributed by atoms with Crippen molar-refractivity contribution in [2.45, 2.75) is 24.3 Å². The molecule has 1 aliphatic rings. The van der Waals surface area contributed by atoms with Crippen LogP contribution >= 0.6 is 0 Å². The molecule has 0 amide bonds. The van der Waals surface area contributed by atoms with Gasteiger partial charge >= 0.3 is 0 Å². The fourth-order valence-corrected chi connectivity index (χ4v) is 4.57. The topological polar surface area (TPSA) is 62.3 Å². The van der Waals surface area contributed by atoms with Gasteiger partial charge in [-0.2, -0.15) is 4.31 Å². The van der Waals surface area contributed by atoms with Crippen LogP contribution in [-0.4, -0.2) is 42.9 Å². The first-order valence-corrected chi connectivity index (χ1v) is 8.42. The molecule has 1 fully saturated rings. The second-order valence-electron chi connectivity index (χ2n) is 6.00. The van der Waals surface area contributed by atoms with Crippen molar-refractivity contribution >= 4 is 20.8 Å². The molecule has 1 aromatic carbocycles. The van der Waals surface area contributed by atoms with Crippen LogP contribution in [0.5, 0.6) is 0 Å².